The maximum absolute atomic E-state index is 11.6. The summed E-state index contributed by atoms with van der Waals surface area (Å²) in [5, 5.41) is 2.96. The predicted octanol–water partition coefficient (Wildman–Crippen LogP) is 1.60. The summed E-state index contributed by atoms with van der Waals surface area (Å²) in [6.07, 6.45) is 9.62. The minimum atomic E-state index is 0.288. The van der Waals surface area contributed by atoms with Gasteiger partial charge in [-0.2, -0.15) is 0 Å². The summed E-state index contributed by atoms with van der Waals surface area (Å²) < 4.78 is 0. The Balaban J connectivity index is 2.21. The van der Waals surface area contributed by atoms with Crippen molar-refractivity contribution < 1.29 is 4.79 Å². The average Bonchev–Trinajstić information content (AvgIpc) is 2.19. The van der Waals surface area contributed by atoms with Gasteiger partial charge in [-0.05, 0) is 18.8 Å². The number of hydrogen-bond donors (Lipinski definition) is 1. The minimum Gasteiger partial charge on any atom is -0.299 e. The van der Waals surface area contributed by atoms with Gasteiger partial charge in [-0.25, -0.2) is 0 Å². The molecular formula is C12H19NO. The van der Waals surface area contributed by atoms with Crippen molar-refractivity contribution in [1.82, 2.24) is 5.32 Å². The van der Waals surface area contributed by atoms with E-state index in [1.54, 1.807) is 0 Å². The Morgan fingerprint density at radius 3 is 2.64 bits per heavy atom. The van der Waals surface area contributed by atoms with Crippen LogP contribution in [0, 0.1) is 24.2 Å². The Morgan fingerprint density at radius 2 is 2.07 bits per heavy atom. The van der Waals surface area contributed by atoms with Crippen LogP contribution in [0.25, 0.3) is 0 Å². The van der Waals surface area contributed by atoms with Gasteiger partial charge in [0.15, 0.2) is 0 Å². The Bertz CT molecular complexity index is 221. The van der Waals surface area contributed by atoms with E-state index in [4.69, 9.17) is 6.42 Å². The first-order valence-corrected chi connectivity index (χ1v) is 5.41. The summed E-state index contributed by atoms with van der Waals surface area (Å²) in [7, 11) is 0. The van der Waals surface area contributed by atoms with Gasteiger partial charge in [0.25, 0.3) is 0 Å². The topological polar surface area (TPSA) is 29.1 Å². The third-order valence-corrected chi connectivity index (χ3v) is 3.00. The zero-order chi connectivity index (χ0) is 10.4. The molecule has 0 amide bonds. The van der Waals surface area contributed by atoms with E-state index in [1.807, 2.05) is 0 Å². The van der Waals surface area contributed by atoms with Crippen molar-refractivity contribution in [2.24, 2.45) is 11.8 Å². The normalized spacial score (nSPS) is 26.9. The van der Waals surface area contributed by atoms with Crippen LogP contribution in [-0.2, 0) is 4.79 Å². The van der Waals surface area contributed by atoms with E-state index >= 15 is 0 Å². The third-order valence-electron chi connectivity index (χ3n) is 3.00. The molecule has 0 heterocycles. The Hall–Kier alpha value is -0.810. The molecule has 0 unspecified atom stereocenters. The Labute approximate surface area is 86.5 Å². The second kappa shape index (κ2) is 5.82. The molecule has 2 nitrogen and oxygen atoms in total. The molecule has 0 saturated heterocycles. The summed E-state index contributed by atoms with van der Waals surface area (Å²) in [6.45, 7) is 3.20. The van der Waals surface area contributed by atoms with Crippen molar-refractivity contribution in [2.45, 2.75) is 32.6 Å². The van der Waals surface area contributed by atoms with Crippen molar-refractivity contribution in [3.05, 3.63) is 0 Å². The third kappa shape index (κ3) is 3.51. The standard InChI is InChI=1S/C12H19NO/c1-3-8-13-9-12(14)11-6-4-10(2)5-7-11/h1,10-11,13H,4-9H2,2H3. The predicted molar refractivity (Wildman–Crippen MR) is 57.8 cm³/mol. The summed E-state index contributed by atoms with van der Waals surface area (Å²) in [5.41, 5.74) is 0. The van der Waals surface area contributed by atoms with Gasteiger partial charge < -0.3 is 0 Å². The molecule has 1 aliphatic rings. The second-order valence-corrected chi connectivity index (χ2v) is 4.23. The van der Waals surface area contributed by atoms with Crippen LogP contribution >= 0.6 is 0 Å². The monoisotopic (exact) mass is 193 g/mol. The number of nitrogens with one attached hydrogen (secondary N) is 1. The maximum Gasteiger partial charge on any atom is 0.149 e. The molecule has 1 aliphatic carbocycles. The zero-order valence-electron chi connectivity index (χ0n) is 8.88. The van der Waals surface area contributed by atoms with Crippen molar-refractivity contribution in [3.8, 4) is 12.3 Å². The summed E-state index contributed by atoms with van der Waals surface area (Å²) in [4.78, 5) is 11.6. The van der Waals surface area contributed by atoms with Gasteiger partial charge >= 0.3 is 0 Å². The van der Waals surface area contributed by atoms with Crippen LogP contribution in [0.5, 0.6) is 0 Å². The zero-order valence-corrected chi connectivity index (χ0v) is 8.88. The van der Waals surface area contributed by atoms with Gasteiger partial charge in [0.2, 0.25) is 0 Å². The Kier molecular flexibility index (Phi) is 4.69. The first kappa shape index (κ1) is 11.3. The maximum atomic E-state index is 11.6. The molecule has 0 radical (unpaired) electrons. The van der Waals surface area contributed by atoms with E-state index in [-0.39, 0.29) is 5.92 Å². The van der Waals surface area contributed by atoms with Crippen molar-refractivity contribution in [2.75, 3.05) is 13.1 Å². The van der Waals surface area contributed by atoms with E-state index < -0.39 is 0 Å². The van der Waals surface area contributed by atoms with Gasteiger partial charge in [-0.3, -0.25) is 10.1 Å². The van der Waals surface area contributed by atoms with E-state index in [1.165, 1.54) is 12.8 Å². The molecule has 1 saturated carbocycles. The highest BCUT2D eigenvalue weighted by molar-refractivity contribution is 5.83. The van der Waals surface area contributed by atoms with Crippen LogP contribution < -0.4 is 5.32 Å². The van der Waals surface area contributed by atoms with Crippen LogP contribution in [-0.4, -0.2) is 18.9 Å². The first-order chi connectivity index (χ1) is 6.74. The molecule has 0 atom stereocenters. The fourth-order valence-electron chi connectivity index (χ4n) is 1.98. The summed E-state index contributed by atoms with van der Waals surface area (Å²) in [6, 6.07) is 0. The van der Waals surface area contributed by atoms with E-state index in [9.17, 15) is 4.79 Å². The quantitative estimate of drug-likeness (QED) is 0.543. The number of hydrogen-bond acceptors (Lipinski definition) is 2. The van der Waals surface area contributed by atoms with Crippen LogP contribution in [0.15, 0.2) is 0 Å². The van der Waals surface area contributed by atoms with Crippen LogP contribution in [0.3, 0.4) is 0 Å². The molecule has 0 spiro atoms. The molecule has 0 aliphatic heterocycles. The molecule has 1 rings (SSSR count). The fourth-order valence-corrected chi connectivity index (χ4v) is 1.98. The van der Waals surface area contributed by atoms with Crippen LogP contribution in [0.4, 0.5) is 0 Å². The van der Waals surface area contributed by atoms with E-state index in [0.717, 1.165) is 18.8 Å². The molecule has 0 aromatic heterocycles. The fraction of sp³-hybridized carbons (Fsp3) is 0.750. The van der Waals surface area contributed by atoms with Crippen molar-refractivity contribution in [1.29, 1.82) is 0 Å². The molecule has 14 heavy (non-hydrogen) atoms. The molecular weight excluding hydrogens is 174 g/mol. The van der Waals surface area contributed by atoms with Gasteiger partial charge in [-0.15, -0.1) is 6.42 Å². The second-order valence-electron chi connectivity index (χ2n) is 4.23. The molecule has 78 valence electrons. The lowest BCUT2D eigenvalue weighted by molar-refractivity contribution is -0.123. The average molecular weight is 193 g/mol. The molecule has 0 bridgehead atoms. The number of ketones is 1. The number of terminal acetylenes is 1. The van der Waals surface area contributed by atoms with Gasteiger partial charge in [0, 0.05) is 5.92 Å². The lowest BCUT2D eigenvalue weighted by atomic mass is 9.81. The minimum absolute atomic E-state index is 0.288. The van der Waals surface area contributed by atoms with Crippen LogP contribution in [0.1, 0.15) is 32.6 Å². The Morgan fingerprint density at radius 1 is 1.43 bits per heavy atom. The lowest BCUT2D eigenvalue weighted by Crippen LogP contribution is -2.30. The van der Waals surface area contributed by atoms with E-state index in [0.29, 0.717) is 18.9 Å². The number of carbonyl (C=O) groups is 1. The highest BCUT2D eigenvalue weighted by Gasteiger charge is 2.23. The number of Topliss-reactive ketones (excluding diaryl/α,β-unsaturated/α-hetero) is 1. The highest BCUT2D eigenvalue weighted by atomic mass is 16.1. The molecule has 0 aromatic carbocycles. The van der Waals surface area contributed by atoms with Gasteiger partial charge in [0.05, 0.1) is 13.1 Å². The first-order valence-electron chi connectivity index (χ1n) is 5.41. The smallest absolute Gasteiger partial charge is 0.149 e. The summed E-state index contributed by atoms with van der Waals surface area (Å²) in [5.74, 6) is 3.90. The van der Waals surface area contributed by atoms with E-state index in [2.05, 4.69) is 18.2 Å². The van der Waals surface area contributed by atoms with Gasteiger partial charge in [-0.1, -0.05) is 25.7 Å². The molecule has 0 aromatic rings. The van der Waals surface area contributed by atoms with Crippen molar-refractivity contribution in [3.63, 3.8) is 0 Å². The highest BCUT2D eigenvalue weighted by Crippen LogP contribution is 2.28. The molecule has 1 fully saturated rings. The largest absolute Gasteiger partial charge is 0.299 e. The SMILES string of the molecule is C#CCNCC(=O)C1CCC(C)CC1. The van der Waals surface area contributed by atoms with Gasteiger partial charge in [0.1, 0.15) is 5.78 Å². The van der Waals surface area contributed by atoms with Crippen molar-refractivity contribution >= 4 is 5.78 Å². The number of rotatable bonds is 4. The summed E-state index contributed by atoms with van der Waals surface area (Å²) >= 11 is 0. The molecule has 1 N–H and O–H groups in total. The molecule has 2 heteroatoms. The van der Waals surface area contributed by atoms with Crippen LogP contribution in [0.2, 0.25) is 0 Å². The number of carbonyl (C=O) groups excluding carboxylic acids is 1. The lowest BCUT2D eigenvalue weighted by Gasteiger charge is -2.24.